The lowest BCUT2D eigenvalue weighted by Crippen LogP contribution is -2.33. The van der Waals surface area contributed by atoms with E-state index in [1.807, 2.05) is 24.3 Å². The van der Waals surface area contributed by atoms with Gasteiger partial charge in [0.2, 0.25) is 0 Å². The summed E-state index contributed by atoms with van der Waals surface area (Å²) in [4.78, 5) is 14.6. The SMILES string of the molecule is CN(CCC(=O)c1ccc(Br)cc1)C1CCCCCC1. The molecule has 0 aromatic heterocycles. The first-order valence-corrected chi connectivity index (χ1v) is 8.45. The zero-order chi connectivity index (χ0) is 14.4. The average molecular weight is 338 g/mol. The van der Waals surface area contributed by atoms with Crippen molar-refractivity contribution in [3.05, 3.63) is 34.3 Å². The van der Waals surface area contributed by atoms with E-state index in [4.69, 9.17) is 0 Å². The number of hydrogen-bond donors (Lipinski definition) is 0. The molecule has 0 saturated heterocycles. The van der Waals surface area contributed by atoms with Crippen LogP contribution in [0.2, 0.25) is 0 Å². The Balaban J connectivity index is 1.81. The molecule has 0 spiro atoms. The number of rotatable bonds is 5. The molecule has 0 amide bonds. The van der Waals surface area contributed by atoms with E-state index < -0.39 is 0 Å². The van der Waals surface area contributed by atoms with Gasteiger partial charge >= 0.3 is 0 Å². The van der Waals surface area contributed by atoms with Gasteiger partial charge in [0.05, 0.1) is 0 Å². The van der Waals surface area contributed by atoms with E-state index in [1.165, 1.54) is 38.5 Å². The number of ketones is 1. The lowest BCUT2D eigenvalue weighted by Gasteiger charge is -2.26. The molecule has 0 radical (unpaired) electrons. The van der Waals surface area contributed by atoms with Crippen LogP contribution in [-0.4, -0.2) is 30.3 Å². The maximum atomic E-state index is 12.2. The first-order valence-electron chi connectivity index (χ1n) is 7.66. The maximum Gasteiger partial charge on any atom is 0.164 e. The molecule has 1 aliphatic carbocycles. The predicted molar refractivity (Wildman–Crippen MR) is 87.2 cm³/mol. The molecular formula is C17H24BrNO. The molecule has 2 rings (SSSR count). The Kier molecular flexibility index (Phi) is 6.24. The minimum absolute atomic E-state index is 0.248. The summed E-state index contributed by atoms with van der Waals surface area (Å²) in [7, 11) is 2.17. The van der Waals surface area contributed by atoms with Crippen molar-refractivity contribution in [1.82, 2.24) is 4.90 Å². The Bertz CT molecular complexity index is 421. The minimum Gasteiger partial charge on any atom is -0.303 e. The Morgan fingerprint density at radius 2 is 1.75 bits per heavy atom. The fraction of sp³-hybridized carbons (Fsp3) is 0.588. The van der Waals surface area contributed by atoms with Crippen LogP contribution in [-0.2, 0) is 0 Å². The minimum atomic E-state index is 0.248. The summed E-state index contributed by atoms with van der Waals surface area (Å²) in [5.74, 6) is 0.248. The molecule has 110 valence electrons. The number of Topliss-reactive ketones (excluding diaryl/α,β-unsaturated/α-hetero) is 1. The van der Waals surface area contributed by atoms with Crippen LogP contribution in [0.5, 0.6) is 0 Å². The maximum absolute atomic E-state index is 12.2. The molecule has 0 heterocycles. The van der Waals surface area contributed by atoms with Gasteiger partial charge in [-0.2, -0.15) is 0 Å². The second kappa shape index (κ2) is 7.94. The van der Waals surface area contributed by atoms with Crippen molar-refractivity contribution in [3.8, 4) is 0 Å². The van der Waals surface area contributed by atoms with E-state index in [0.29, 0.717) is 12.5 Å². The van der Waals surface area contributed by atoms with Gasteiger partial charge in [-0.1, -0.05) is 53.7 Å². The van der Waals surface area contributed by atoms with Crippen LogP contribution in [0.3, 0.4) is 0 Å². The molecule has 0 aliphatic heterocycles. The Morgan fingerprint density at radius 3 is 2.35 bits per heavy atom. The van der Waals surface area contributed by atoms with Gasteiger partial charge in [0.15, 0.2) is 5.78 Å². The van der Waals surface area contributed by atoms with Gasteiger partial charge in [0, 0.05) is 29.0 Å². The topological polar surface area (TPSA) is 20.3 Å². The summed E-state index contributed by atoms with van der Waals surface area (Å²) in [6, 6.07) is 8.34. The summed E-state index contributed by atoms with van der Waals surface area (Å²) in [6.07, 6.45) is 8.65. The van der Waals surface area contributed by atoms with E-state index in [0.717, 1.165) is 16.6 Å². The smallest absolute Gasteiger partial charge is 0.164 e. The van der Waals surface area contributed by atoms with E-state index in [1.54, 1.807) is 0 Å². The molecule has 1 saturated carbocycles. The molecule has 0 unspecified atom stereocenters. The summed E-state index contributed by atoms with van der Waals surface area (Å²) >= 11 is 3.40. The van der Waals surface area contributed by atoms with Crippen molar-refractivity contribution in [3.63, 3.8) is 0 Å². The highest BCUT2D eigenvalue weighted by atomic mass is 79.9. The molecule has 1 aromatic rings. The van der Waals surface area contributed by atoms with Crippen molar-refractivity contribution < 1.29 is 4.79 Å². The number of nitrogens with zero attached hydrogens (tertiary/aromatic N) is 1. The lowest BCUT2D eigenvalue weighted by molar-refractivity contribution is 0.0957. The van der Waals surface area contributed by atoms with Crippen LogP contribution < -0.4 is 0 Å². The van der Waals surface area contributed by atoms with Crippen molar-refractivity contribution in [2.24, 2.45) is 0 Å². The summed E-state index contributed by atoms with van der Waals surface area (Å²) < 4.78 is 1.02. The van der Waals surface area contributed by atoms with Gasteiger partial charge in [-0.05, 0) is 32.0 Å². The second-order valence-electron chi connectivity index (χ2n) is 5.81. The highest BCUT2D eigenvalue weighted by Gasteiger charge is 2.17. The fourth-order valence-electron chi connectivity index (χ4n) is 2.94. The number of hydrogen-bond acceptors (Lipinski definition) is 2. The van der Waals surface area contributed by atoms with Crippen molar-refractivity contribution in [2.45, 2.75) is 51.0 Å². The molecule has 1 fully saturated rings. The highest BCUT2D eigenvalue weighted by molar-refractivity contribution is 9.10. The van der Waals surface area contributed by atoms with E-state index >= 15 is 0 Å². The van der Waals surface area contributed by atoms with Crippen molar-refractivity contribution in [2.75, 3.05) is 13.6 Å². The Labute approximate surface area is 130 Å². The summed E-state index contributed by atoms with van der Waals surface area (Å²) in [5, 5.41) is 0. The monoisotopic (exact) mass is 337 g/mol. The molecule has 0 atom stereocenters. The number of carbonyl (C=O) groups is 1. The first-order chi connectivity index (χ1) is 9.66. The standard InChI is InChI=1S/C17H24BrNO/c1-19(16-6-4-2-3-5-7-16)13-12-17(20)14-8-10-15(18)11-9-14/h8-11,16H,2-7,12-13H2,1H3. The lowest BCUT2D eigenvalue weighted by atomic mass is 10.1. The van der Waals surface area contributed by atoms with Crippen LogP contribution in [0, 0.1) is 0 Å². The zero-order valence-corrected chi connectivity index (χ0v) is 13.9. The summed E-state index contributed by atoms with van der Waals surface area (Å²) in [5.41, 5.74) is 0.822. The third-order valence-corrected chi connectivity index (χ3v) is 4.83. The second-order valence-corrected chi connectivity index (χ2v) is 6.72. The number of halogens is 1. The molecule has 1 aromatic carbocycles. The van der Waals surface area contributed by atoms with Gasteiger partial charge in [0.1, 0.15) is 0 Å². The van der Waals surface area contributed by atoms with Gasteiger partial charge in [-0.25, -0.2) is 0 Å². The largest absolute Gasteiger partial charge is 0.303 e. The van der Waals surface area contributed by atoms with Crippen molar-refractivity contribution in [1.29, 1.82) is 0 Å². The molecule has 0 bridgehead atoms. The Hall–Kier alpha value is -0.670. The van der Waals surface area contributed by atoms with Gasteiger partial charge in [0.25, 0.3) is 0 Å². The first kappa shape index (κ1) is 15.7. The van der Waals surface area contributed by atoms with Crippen LogP contribution >= 0.6 is 15.9 Å². The predicted octanol–water partition coefficient (Wildman–Crippen LogP) is 4.68. The zero-order valence-electron chi connectivity index (χ0n) is 12.3. The van der Waals surface area contributed by atoms with Crippen LogP contribution in [0.4, 0.5) is 0 Å². The van der Waals surface area contributed by atoms with Crippen molar-refractivity contribution >= 4 is 21.7 Å². The molecule has 2 nitrogen and oxygen atoms in total. The fourth-order valence-corrected chi connectivity index (χ4v) is 3.20. The van der Waals surface area contributed by atoms with Crippen LogP contribution in [0.1, 0.15) is 55.3 Å². The third-order valence-electron chi connectivity index (χ3n) is 4.31. The van der Waals surface area contributed by atoms with Crippen LogP contribution in [0.15, 0.2) is 28.7 Å². The Morgan fingerprint density at radius 1 is 1.15 bits per heavy atom. The van der Waals surface area contributed by atoms with E-state index in [-0.39, 0.29) is 5.78 Å². The molecule has 3 heteroatoms. The van der Waals surface area contributed by atoms with Gasteiger partial charge < -0.3 is 4.90 Å². The molecule has 0 N–H and O–H groups in total. The van der Waals surface area contributed by atoms with Gasteiger partial charge in [-0.3, -0.25) is 4.79 Å². The summed E-state index contributed by atoms with van der Waals surface area (Å²) in [6.45, 7) is 0.875. The normalized spacial score (nSPS) is 17.1. The molecule has 1 aliphatic rings. The quantitative estimate of drug-likeness (QED) is 0.574. The van der Waals surface area contributed by atoms with E-state index in [2.05, 4.69) is 27.9 Å². The molecule has 20 heavy (non-hydrogen) atoms. The van der Waals surface area contributed by atoms with Gasteiger partial charge in [-0.15, -0.1) is 0 Å². The van der Waals surface area contributed by atoms with Crippen LogP contribution in [0.25, 0.3) is 0 Å². The van der Waals surface area contributed by atoms with E-state index in [9.17, 15) is 4.79 Å². The highest BCUT2D eigenvalue weighted by Crippen LogP contribution is 2.21. The number of benzene rings is 1. The molecular weight excluding hydrogens is 314 g/mol. The number of carbonyl (C=O) groups excluding carboxylic acids is 1. The average Bonchev–Trinajstić information content (AvgIpc) is 2.74. The third kappa shape index (κ3) is 4.71.